The second-order valence-corrected chi connectivity index (χ2v) is 6.83. The zero-order valence-electron chi connectivity index (χ0n) is 14.1. The monoisotopic (exact) mass is 396 g/mol. The second-order valence-electron chi connectivity index (χ2n) is 5.91. The average Bonchev–Trinajstić information content (AvgIpc) is 3.03. The third kappa shape index (κ3) is 4.52. The number of benzene rings is 1. The highest BCUT2D eigenvalue weighted by Crippen LogP contribution is 2.34. The van der Waals surface area contributed by atoms with Gasteiger partial charge in [-0.2, -0.15) is 13.2 Å². The van der Waals surface area contributed by atoms with Gasteiger partial charge in [0.1, 0.15) is 10.5 Å². The van der Waals surface area contributed by atoms with Gasteiger partial charge in [0, 0.05) is 0 Å². The molecule has 0 spiro atoms. The smallest absolute Gasteiger partial charge is 0.324 e. The fourth-order valence-corrected chi connectivity index (χ4v) is 3.31. The molecule has 2 aromatic heterocycles. The lowest BCUT2D eigenvalue weighted by Gasteiger charge is -2.17. The second kappa shape index (κ2) is 7.49. The number of nitrogens with zero attached hydrogens (tertiary/aromatic N) is 2. The van der Waals surface area contributed by atoms with Crippen LogP contribution in [0, 0.1) is 0 Å². The van der Waals surface area contributed by atoms with Crippen molar-refractivity contribution in [2.45, 2.75) is 12.7 Å². The van der Waals surface area contributed by atoms with E-state index in [2.05, 4.69) is 15.3 Å². The summed E-state index contributed by atoms with van der Waals surface area (Å²) >= 11 is 1.28. The third-order valence-corrected chi connectivity index (χ3v) is 4.61. The van der Waals surface area contributed by atoms with Gasteiger partial charge in [-0.25, -0.2) is 4.98 Å². The standard InChI is InChI=1S/C17H15F3N4O2S/c1-24(8-13-21-12-6-7-27-15(12)16(26)23-13)9-14(25)22-11-5-3-2-4-10(11)17(18,19)20/h2-7H,8-9H2,1H3,(H,22,25)(H,21,23,26). The zero-order chi connectivity index (χ0) is 19.6. The Hall–Kier alpha value is -2.72. The predicted octanol–water partition coefficient (Wildman–Crippen LogP) is 3.07. The summed E-state index contributed by atoms with van der Waals surface area (Å²) in [7, 11) is 1.60. The Bertz CT molecular complexity index is 1030. The van der Waals surface area contributed by atoms with E-state index in [1.165, 1.54) is 29.5 Å². The van der Waals surface area contributed by atoms with Crippen LogP contribution in [0.1, 0.15) is 11.4 Å². The average molecular weight is 396 g/mol. The molecule has 3 rings (SSSR count). The van der Waals surface area contributed by atoms with E-state index in [-0.39, 0.29) is 24.3 Å². The van der Waals surface area contributed by atoms with Gasteiger partial charge < -0.3 is 10.3 Å². The van der Waals surface area contributed by atoms with E-state index >= 15 is 0 Å². The van der Waals surface area contributed by atoms with E-state index < -0.39 is 17.6 Å². The molecule has 0 radical (unpaired) electrons. The minimum absolute atomic E-state index is 0.162. The van der Waals surface area contributed by atoms with Gasteiger partial charge in [-0.15, -0.1) is 11.3 Å². The number of hydrogen-bond donors (Lipinski definition) is 2. The van der Waals surface area contributed by atoms with Crippen molar-refractivity contribution in [2.24, 2.45) is 0 Å². The van der Waals surface area contributed by atoms with Crippen LogP contribution in [0.5, 0.6) is 0 Å². The molecular formula is C17H15F3N4O2S. The Labute approximate surface area is 155 Å². The lowest BCUT2D eigenvalue weighted by atomic mass is 10.1. The van der Waals surface area contributed by atoms with Crippen molar-refractivity contribution in [1.29, 1.82) is 0 Å². The Balaban J connectivity index is 1.66. The number of hydrogen-bond acceptors (Lipinski definition) is 5. The van der Waals surface area contributed by atoms with Crippen LogP contribution in [0.4, 0.5) is 18.9 Å². The number of nitrogens with one attached hydrogen (secondary N) is 2. The van der Waals surface area contributed by atoms with Crippen LogP contribution in [-0.4, -0.2) is 34.4 Å². The quantitative estimate of drug-likeness (QED) is 0.695. The highest BCUT2D eigenvalue weighted by atomic mass is 32.1. The van der Waals surface area contributed by atoms with Gasteiger partial charge in [0.2, 0.25) is 5.91 Å². The van der Waals surface area contributed by atoms with Crippen LogP contribution in [0.25, 0.3) is 10.2 Å². The van der Waals surface area contributed by atoms with Crippen LogP contribution in [0.2, 0.25) is 0 Å². The van der Waals surface area contributed by atoms with Crippen LogP contribution in [0.3, 0.4) is 0 Å². The number of para-hydroxylation sites is 1. The predicted molar refractivity (Wildman–Crippen MR) is 96.6 cm³/mol. The molecule has 3 aromatic rings. The summed E-state index contributed by atoms with van der Waals surface area (Å²) in [5.74, 6) is -0.231. The van der Waals surface area contributed by atoms with Crippen molar-refractivity contribution in [3.63, 3.8) is 0 Å². The number of anilines is 1. The molecule has 0 bridgehead atoms. The number of fused-ring (bicyclic) bond motifs is 1. The van der Waals surface area contributed by atoms with Crippen molar-refractivity contribution in [3.8, 4) is 0 Å². The van der Waals surface area contributed by atoms with E-state index in [0.717, 1.165) is 6.07 Å². The van der Waals surface area contributed by atoms with E-state index in [1.54, 1.807) is 23.4 Å². The summed E-state index contributed by atoms with van der Waals surface area (Å²) in [6.45, 7) is -0.00700. The molecule has 142 valence electrons. The number of halogens is 3. The Morgan fingerprint density at radius 1 is 1.30 bits per heavy atom. The topological polar surface area (TPSA) is 78.1 Å². The number of alkyl halides is 3. The zero-order valence-corrected chi connectivity index (χ0v) is 14.9. The summed E-state index contributed by atoms with van der Waals surface area (Å²) in [5.41, 5.74) is -0.901. The summed E-state index contributed by atoms with van der Waals surface area (Å²) in [4.78, 5) is 32.6. The molecule has 6 nitrogen and oxygen atoms in total. The number of aromatic amines is 1. The molecule has 10 heteroatoms. The minimum atomic E-state index is -4.56. The summed E-state index contributed by atoms with van der Waals surface area (Å²) in [6, 6.07) is 6.50. The maximum absolute atomic E-state index is 13.0. The number of amides is 1. The van der Waals surface area contributed by atoms with Crippen LogP contribution in [-0.2, 0) is 17.5 Å². The molecule has 27 heavy (non-hydrogen) atoms. The highest BCUT2D eigenvalue weighted by molar-refractivity contribution is 7.17. The van der Waals surface area contributed by atoms with Crippen molar-refractivity contribution < 1.29 is 18.0 Å². The van der Waals surface area contributed by atoms with Gasteiger partial charge in [0.25, 0.3) is 5.56 Å². The lowest BCUT2D eigenvalue weighted by Crippen LogP contribution is -2.31. The van der Waals surface area contributed by atoms with Gasteiger partial charge in [-0.05, 0) is 30.6 Å². The van der Waals surface area contributed by atoms with Crippen LogP contribution < -0.4 is 10.9 Å². The molecule has 1 aromatic carbocycles. The van der Waals surface area contributed by atoms with Crippen LogP contribution in [0.15, 0.2) is 40.5 Å². The number of rotatable bonds is 5. The normalized spacial score (nSPS) is 11.9. The number of carbonyl (C=O) groups excluding carboxylic acids is 1. The maximum Gasteiger partial charge on any atom is 0.418 e. The minimum Gasteiger partial charge on any atom is -0.324 e. The first-order valence-electron chi connectivity index (χ1n) is 7.85. The number of thiophene rings is 1. The molecule has 0 atom stereocenters. The van der Waals surface area contributed by atoms with Gasteiger partial charge in [-0.1, -0.05) is 12.1 Å². The van der Waals surface area contributed by atoms with Gasteiger partial charge in [-0.3, -0.25) is 14.5 Å². The number of likely N-dealkylation sites (N-methyl/N-ethyl adjacent to an activating group) is 1. The lowest BCUT2D eigenvalue weighted by molar-refractivity contribution is -0.137. The molecule has 2 heterocycles. The Morgan fingerprint density at radius 3 is 2.78 bits per heavy atom. The Kier molecular flexibility index (Phi) is 5.29. The van der Waals surface area contributed by atoms with Crippen LogP contribution >= 0.6 is 11.3 Å². The molecule has 0 saturated carbocycles. The van der Waals surface area contributed by atoms with E-state index in [1.807, 2.05) is 0 Å². The maximum atomic E-state index is 13.0. The molecule has 0 aliphatic rings. The first kappa shape index (κ1) is 19.1. The fraction of sp³-hybridized carbons (Fsp3) is 0.235. The highest BCUT2D eigenvalue weighted by Gasteiger charge is 2.33. The van der Waals surface area contributed by atoms with E-state index in [0.29, 0.717) is 16.0 Å². The molecule has 0 aliphatic carbocycles. The van der Waals surface area contributed by atoms with Gasteiger partial charge in [0.05, 0.1) is 29.9 Å². The molecule has 2 N–H and O–H groups in total. The number of carbonyl (C=O) groups is 1. The fourth-order valence-electron chi connectivity index (χ4n) is 2.58. The molecule has 0 unspecified atom stereocenters. The van der Waals surface area contributed by atoms with Crippen molar-refractivity contribution in [2.75, 3.05) is 18.9 Å². The third-order valence-electron chi connectivity index (χ3n) is 3.70. The molecule has 1 amide bonds. The van der Waals surface area contributed by atoms with E-state index in [4.69, 9.17) is 0 Å². The molecule has 0 aliphatic heterocycles. The summed E-state index contributed by atoms with van der Waals surface area (Å²) < 4.78 is 39.5. The number of aromatic nitrogens is 2. The van der Waals surface area contributed by atoms with E-state index in [9.17, 15) is 22.8 Å². The molecule has 0 saturated heterocycles. The van der Waals surface area contributed by atoms with Gasteiger partial charge >= 0.3 is 6.18 Å². The summed E-state index contributed by atoms with van der Waals surface area (Å²) in [5, 5.41) is 4.04. The van der Waals surface area contributed by atoms with Gasteiger partial charge in [0.15, 0.2) is 0 Å². The SMILES string of the molecule is CN(CC(=O)Nc1ccccc1C(F)(F)F)Cc1nc2ccsc2c(=O)[nH]1. The van der Waals surface area contributed by atoms with Crippen molar-refractivity contribution in [1.82, 2.24) is 14.9 Å². The largest absolute Gasteiger partial charge is 0.418 e. The summed E-state index contributed by atoms with van der Waals surface area (Å²) in [6.07, 6.45) is -4.56. The first-order valence-corrected chi connectivity index (χ1v) is 8.73. The number of H-pyrrole nitrogens is 1. The Morgan fingerprint density at radius 2 is 2.04 bits per heavy atom. The molecular weight excluding hydrogens is 381 g/mol. The molecule has 0 fully saturated rings. The van der Waals surface area contributed by atoms with Crippen molar-refractivity contribution in [3.05, 3.63) is 57.5 Å². The van der Waals surface area contributed by atoms with Crippen molar-refractivity contribution >= 4 is 33.1 Å². The first-order chi connectivity index (χ1) is 12.7.